The second-order valence-corrected chi connectivity index (χ2v) is 6.33. The SMILES string of the molecule is O=C(NCc1ccc(Cl)cc1)C1(C(=O)NCc2ccccn2)CC1. The Balaban J connectivity index is 1.53. The first-order chi connectivity index (χ1) is 11.6. The number of hydrogen-bond acceptors (Lipinski definition) is 3. The number of hydrogen-bond donors (Lipinski definition) is 2. The summed E-state index contributed by atoms with van der Waals surface area (Å²) in [5.41, 5.74) is 0.780. The van der Waals surface area contributed by atoms with E-state index in [1.54, 1.807) is 18.3 Å². The van der Waals surface area contributed by atoms with E-state index in [-0.39, 0.29) is 11.8 Å². The highest BCUT2D eigenvalue weighted by molar-refractivity contribution is 6.30. The van der Waals surface area contributed by atoms with Crippen molar-refractivity contribution in [3.05, 3.63) is 64.9 Å². The van der Waals surface area contributed by atoms with Gasteiger partial charge in [-0.15, -0.1) is 0 Å². The fourth-order valence-electron chi connectivity index (χ4n) is 2.48. The summed E-state index contributed by atoms with van der Waals surface area (Å²) in [6.07, 6.45) is 2.83. The minimum atomic E-state index is -0.929. The molecule has 5 nitrogen and oxygen atoms in total. The lowest BCUT2D eigenvalue weighted by Crippen LogP contribution is -2.42. The molecule has 0 spiro atoms. The molecule has 2 aromatic rings. The van der Waals surface area contributed by atoms with Gasteiger partial charge >= 0.3 is 0 Å². The quantitative estimate of drug-likeness (QED) is 0.791. The third-order valence-electron chi connectivity index (χ3n) is 4.14. The van der Waals surface area contributed by atoms with Gasteiger partial charge < -0.3 is 10.6 Å². The number of aromatic nitrogens is 1. The minimum absolute atomic E-state index is 0.226. The van der Waals surface area contributed by atoms with Crippen LogP contribution in [0.4, 0.5) is 0 Å². The lowest BCUT2D eigenvalue weighted by atomic mass is 10.0. The average molecular weight is 344 g/mol. The molecule has 0 radical (unpaired) electrons. The van der Waals surface area contributed by atoms with Crippen molar-refractivity contribution in [3.8, 4) is 0 Å². The summed E-state index contributed by atoms with van der Waals surface area (Å²) in [4.78, 5) is 28.9. The Hall–Kier alpha value is -2.40. The standard InChI is InChI=1S/C18H18ClN3O2/c19-14-6-4-13(5-7-14)11-21-16(23)18(8-9-18)17(24)22-12-15-3-1-2-10-20-15/h1-7,10H,8-9,11-12H2,(H,21,23)(H,22,24). The highest BCUT2D eigenvalue weighted by Crippen LogP contribution is 2.46. The Bertz CT molecular complexity index is 728. The minimum Gasteiger partial charge on any atom is -0.351 e. The van der Waals surface area contributed by atoms with Crippen LogP contribution in [0.5, 0.6) is 0 Å². The van der Waals surface area contributed by atoms with Gasteiger partial charge in [-0.1, -0.05) is 29.8 Å². The smallest absolute Gasteiger partial charge is 0.236 e. The summed E-state index contributed by atoms with van der Waals surface area (Å²) < 4.78 is 0. The number of nitrogens with zero attached hydrogens (tertiary/aromatic N) is 1. The molecule has 1 saturated carbocycles. The summed E-state index contributed by atoms with van der Waals surface area (Å²) in [5.74, 6) is -0.460. The number of nitrogens with one attached hydrogen (secondary N) is 2. The maximum absolute atomic E-state index is 12.4. The van der Waals surface area contributed by atoms with Crippen molar-refractivity contribution in [1.29, 1.82) is 0 Å². The summed E-state index contributed by atoms with van der Waals surface area (Å²) >= 11 is 5.84. The van der Waals surface area contributed by atoms with Crippen molar-refractivity contribution in [1.82, 2.24) is 15.6 Å². The maximum atomic E-state index is 12.4. The van der Waals surface area contributed by atoms with Crippen LogP contribution in [0, 0.1) is 5.41 Å². The van der Waals surface area contributed by atoms with Gasteiger partial charge in [-0.25, -0.2) is 0 Å². The van der Waals surface area contributed by atoms with E-state index in [1.807, 2.05) is 30.3 Å². The first kappa shape index (κ1) is 16.5. The Morgan fingerprint density at radius 3 is 2.25 bits per heavy atom. The monoisotopic (exact) mass is 343 g/mol. The van der Waals surface area contributed by atoms with Crippen LogP contribution in [0.2, 0.25) is 5.02 Å². The van der Waals surface area contributed by atoms with Crippen molar-refractivity contribution >= 4 is 23.4 Å². The van der Waals surface area contributed by atoms with Gasteiger partial charge in [0, 0.05) is 17.8 Å². The van der Waals surface area contributed by atoms with Crippen LogP contribution in [0.15, 0.2) is 48.7 Å². The van der Waals surface area contributed by atoms with Crippen LogP contribution >= 0.6 is 11.6 Å². The molecule has 0 saturated heterocycles. The molecule has 1 aliphatic rings. The van der Waals surface area contributed by atoms with Crippen molar-refractivity contribution in [3.63, 3.8) is 0 Å². The largest absolute Gasteiger partial charge is 0.351 e. The van der Waals surface area contributed by atoms with Gasteiger partial charge in [0.15, 0.2) is 0 Å². The zero-order valence-electron chi connectivity index (χ0n) is 13.1. The lowest BCUT2D eigenvalue weighted by molar-refractivity contribution is -0.137. The van der Waals surface area contributed by atoms with E-state index in [4.69, 9.17) is 11.6 Å². The Labute approximate surface area is 145 Å². The fourth-order valence-corrected chi connectivity index (χ4v) is 2.60. The van der Waals surface area contributed by atoms with Crippen molar-refractivity contribution in [2.45, 2.75) is 25.9 Å². The predicted octanol–water partition coefficient (Wildman–Crippen LogP) is 2.45. The van der Waals surface area contributed by atoms with Crippen molar-refractivity contribution < 1.29 is 9.59 Å². The Kier molecular flexibility index (Phi) is 4.81. The second kappa shape index (κ2) is 7.01. The van der Waals surface area contributed by atoms with Gasteiger partial charge in [0.05, 0.1) is 12.2 Å². The number of halogens is 1. The summed E-state index contributed by atoms with van der Waals surface area (Å²) in [7, 11) is 0. The van der Waals surface area contributed by atoms with Crippen LogP contribution < -0.4 is 10.6 Å². The topological polar surface area (TPSA) is 71.1 Å². The molecule has 124 valence electrons. The molecule has 0 atom stereocenters. The Morgan fingerprint density at radius 2 is 1.67 bits per heavy atom. The van der Waals surface area contributed by atoms with Gasteiger partial charge in [-0.05, 0) is 42.7 Å². The van der Waals surface area contributed by atoms with E-state index in [2.05, 4.69) is 15.6 Å². The molecule has 2 amide bonds. The van der Waals surface area contributed by atoms with Crippen molar-refractivity contribution in [2.24, 2.45) is 5.41 Å². The summed E-state index contributed by atoms with van der Waals surface area (Å²) in [6, 6.07) is 12.8. The van der Waals surface area contributed by atoms with Gasteiger partial charge in [0.2, 0.25) is 11.8 Å². The third kappa shape index (κ3) is 3.74. The van der Waals surface area contributed by atoms with Crippen LogP contribution in [-0.4, -0.2) is 16.8 Å². The molecule has 1 fully saturated rings. The highest BCUT2D eigenvalue weighted by Gasteiger charge is 2.56. The maximum Gasteiger partial charge on any atom is 0.236 e. The molecule has 1 aromatic heterocycles. The highest BCUT2D eigenvalue weighted by atomic mass is 35.5. The molecular formula is C18H18ClN3O2. The molecule has 3 rings (SSSR count). The normalized spacial score (nSPS) is 14.7. The molecule has 1 heterocycles. The average Bonchev–Trinajstić information content (AvgIpc) is 3.42. The Morgan fingerprint density at radius 1 is 1.00 bits per heavy atom. The summed E-state index contributed by atoms with van der Waals surface area (Å²) in [5, 5.41) is 6.30. The molecule has 0 aliphatic heterocycles. The van der Waals surface area contributed by atoms with E-state index in [0.717, 1.165) is 11.3 Å². The first-order valence-corrected chi connectivity index (χ1v) is 8.19. The molecule has 1 aromatic carbocycles. The zero-order chi connectivity index (χ0) is 17.0. The van der Waals surface area contributed by atoms with E-state index >= 15 is 0 Å². The van der Waals surface area contributed by atoms with Crippen molar-refractivity contribution in [2.75, 3.05) is 0 Å². The van der Waals surface area contributed by atoms with E-state index in [1.165, 1.54) is 0 Å². The van der Waals surface area contributed by atoms with Gasteiger partial charge in [0.1, 0.15) is 5.41 Å². The summed E-state index contributed by atoms with van der Waals surface area (Å²) in [6.45, 7) is 0.706. The number of benzene rings is 1. The number of amides is 2. The molecular weight excluding hydrogens is 326 g/mol. The van der Waals surface area contributed by atoms with E-state index in [9.17, 15) is 9.59 Å². The molecule has 0 bridgehead atoms. The predicted molar refractivity (Wildman–Crippen MR) is 91.0 cm³/mol. The number of rotatable bonds is 6. The third-order valence-corrected chi connectivity index (χ3v) is 4.39. The number of carbonyl (C=O) groups excluding carboxylic acids is 2. The second-order valence-electron chi connectivity index (χ2n) is 5.90. The van der Waals surface area contributed by atoms with Gasteiger partial charge in [0.25, 0.3) is 0 Å². The molecule has 24 heavy (non-hydrogen) atoms. The van der Waals surface area contributed by atoms with E-state index < -0.39 is 5.41 Å². The fraction of sp³-hybridized carbons (Fsp3) is 0.278. The lowest BCUT2D eigenvalue weighted by Gasteiger charge is -2.15. The molecule has 0 unspecified atom stereocenters. The van der Waals surface area contributed by atoms with Gasteiger partial charge in [-0.3, -0.25) is 14.6 Å². The molecule has 1 aliphatic carbocycles. The molecule has 2 N–H and O–H groups in total. The van der Waals surface area contributed by atoms with Gasteiger partial charge in [-0.2, -0.15) is 0 Å². The number of pyridine rings is 1. The van der Waals surface area contributed by atoms with Crippen LogP contribution in [0.3, 0.4) is 0 Å². The first-order valence-electron chi connectivity index (χ1n) is 7.81. The zero-order valence-corrected chi connectivity index (χ0v) is 13.8. The van der Waals surface area contributed by atoms with Crippen LogP contribution in [0.25, 0.3) is 0 Å². The van der Waals surface area contributed by atoms with E-state index in [0.29, 0.717) is 31.0 Å². The molecule has 6 heteroatoms. The van der Waals surface area contributed by atoms with Crippen LogP contribution in [-0.2, 0) is 22.7 Å². The van der Waals surface area contributed by atoms with Crippen LogP contribution in [0.1, 0.15) is 24.1 Å². The number of carbonyl (C=O) groups is 2.